The van der Waals surface area contributed by atoms with Gasteiger partial charge >= 0.3 is 5.97 Å². The number of rotatable bonds is 4. The molecule has 3 aromatic rings. The van der Waals surface area contributed by atoms with Crippen LogP contribution in [-0.4, -0.2) is 42.3 Å². The van der Waals surface area contributed by atoms with E-state index in [1.165, 1.54) is 12.7 Å². The fraction of sp³-hybridized carbons (Fsp3) is 0.596. The number of hydrogen-bond donors (Lipinski definition) is 2. The molecule has 4 fully saturated rings. The van der Waals surface area contributed by atoms with Gasteiger partial charge in [-0.1, -0.05) is 83.5 Å². The number of carbonyl (C=O) groups is 2. The maximum Gasteiger partial charge on any atom is 0.309 e. The summed E-state index contributed by atoms with van der Waals surface area (Å²) in [5.74, 6) is 1.18. The fourth-order valence-corrected chi connectivity index (χ4v) is 12.7. The van der Waals surface area contributed by atoms with Crippen LogP contribution in [0.15, 0.2) is 69.4 Å². The topological polar surface area (TPSA) is 123 Å². The summed E-state index contributed by atoms with van der Waals surface area (Å²) in [5.41, 5.74) is 1.13. The van der Waals surface area contributed by atoms with E-state index in [0.29, 0.717) is 34.8 Å². The first-order valence-corrected chi connectivity index (χ1v) is 20.2. The first-order valence-electron chi connectivity index (χ1n) is 20.2. The van der Waals surface area contributed by atoms with Crippen molar-refractivity contribution in [2.45, 2.75) is 112 Å². The quantitative estimate of drug-likeness (QED) is 0.270. The largest absolute Gasteiger partial charge is 0.493 e. The monoisotopic (exact) mass is 752 g/mol. The predicted octanol–water partition coefficient (Wildman–Crippen LogP) is 9.89. The van der Waals surface area contributed by atoms with Gasteiger partial charge < -0.3 is 24.1 Å². The lowest BCUT2D eigenvalue weighted by atomic mass is 9.33. The van der Waals surface area contributed by atoms with Crippen LogP contribution < -0.4 is 14.9 Å². The molecule has 0 bridgehead atoms. The minimum absolute atomic E-state index is 0.0296. The van der Waals surface area contributed by atoms with Gasteiger partial charge in [0.05, 0.1) is 31.1 Å². The van der Waals surface area contributed by atoms with E-state index in [4.69, 9.17) is 13.9 Å². The zero-order valence-electron chi connectivity index (χ0n) is 34.2. The van der Waals surface area contributed by atoms with E-state index in [1.54, 1.807) is 25.3 Å². The van der Waals surface area contributed by atoms with E-state index in [-0.39, 0.29) is 62.0 Å². The molecule has 8 rings (SSSR count). The summed E-state index contributed by atoms with van der Waals surface area (Å²) in [6, 6.07) is 14.6. The van der Waals surface area contributed by atoms with E-state index < -0.39 is 11.4 Å². The van der Waals surface area contributed by atoms with Gasteiger partial charge in [0, 0.05) is 11.5 Å². The molecular formula is C47H60O8. The Hall–Kier alpha value is -3.91. The molecule has 5 aliphatic rings. The van der Waals surface area contributed by atoms with Crippen LogP contribution in [0.1, 0.15) is 106 Å². The number of carboxylic acid groups (broad SMARTS) is 1. The molecule has 296 valence electrons. The molecule has 0 saturated heterocycles. The molecule has 2 N–H and O–H groups in total. The number of hydrogen-bond acceptors (Lipinski definition) is 7. The Kier molecular flexibility index (Phi) is 9.55. The van der Waals surface area contributed by atoms with Gasteiger partial charge in [0.15, 0.2) is 22.9 Å². The summed E-state index contributed by atoms with van der Waals surface area (Å²) in [5, 5.41) is 21.3. The zero-order chi connectivity index (χ0) is 39.9. The van der Waals surface area contributed by atoms with Gasteiger partial charge in [-0.05, 0) is 122 Å². The minimum atomic E-state index is -0.711. The molecule has 1 aromatic heterocycles. The summed E-state index contributed by atoms with van der Waals surface area (Å²) < 4.78 is 16.5. The van der Waals surface area contributed by atoms with Crippen LogP contribution in [0, 0.1) is 50.2 Å². The van der Waals surface area contributed by atoms with Crippen molar-refractivity contribution in [3.05, 3.63) is 70.4 Å². The molecule has 0 spiro atoms. The Bertz CT molecular complexity index is 2100. The molecule has 9 atom stereocenters. The Balaban J connectivity index is 0.000000190. The first-order chi connectivity index (χ1) is 25.8. The number of aliphatic hydroxyl groups is 1. The van der Waals surface area contributed by atoms with Crippen molar-refractivity contribution in [3.8, 4) is 22.8 Å². The van der Waals surface area contributed by atoms with E-state index in [0.717, 1.165) is 56.9 Å². The van der Waals surface area contributed by atoms with Crippen LogP contribution >= 0.6 is 0 Å². The van der Waals surface area contributed by atoms with Crippen molar-refractivity contribution in [1.82, 2.24) is 0 Å². The molecule has 4 saturated carbocycles. The highest BCUT2D eigenvalue weighted by molar-refractivity contribution is 5.96. The average Bonchev–Trinajstić information content (AvgIpc) is 3.15. The van der Waals surface area contributed by atoms with E-state index in [9.17, 15) is 24.6 Å². The Morgan fingerprint density at radius 2 is 1.51 bits per heavy atom. The highest BCUT2D eigenvalue weighted by Gasteiger charge is 2.70. The third-order valence-corrected chi connectivity index (χ3v) is 16.4. The highest BCUT2D eigenvalue weighted by atomic mass is 16.5. The molecular weight excluding hydrogens is 693 g/mol. The maximum atomic E-state index is 14.2. The molecule has 8 nitrogen and oxygen atoms in total. The highest BCUT2D eigenvalue weighted by Crippen LogP contribution is 2.75. The van der Waals surface area contributed by atoms with E-state index in [2.05, 4.69) is 41.5 Å². The summed E-state index contributed by atoms with van der Waals surface area (Å²) in [7, 11) is 3.01. The fourth-order valence-electron chi connectivity index (χ4n) is 12.7. The Morgan fingerprint density at radius 3 is 2.16 bits per heavy atom. The molecule has 1 heterocycles. The molecule has 9 unspecified atom stereocenters. The molecule has 5 aliphatic carbocycles. The average molecular weight is 753 g/mol. The minimum Gasteiger partial charge on any atom is -0.493 e. The van der Waals surface area contributed by atoms with Crippen molar-refractivity contribution in [1.29, 1.82) is 0 Å². The standard InChI is InChI=1S/C30H46O4.C17H14O4/c1-25(2)21-8-11-30(7)23(28(21,5)10-9-22(25)32)20(31)16-18-19-17-27(4,24(33)34)13-12-26(19,3)14-15-29(18,30)6;1-19-13-10-6-9-12-14(18)17(20-2)15(21-16(12)13)11-7-4-3-5-8-11/h16,19,21-23,32H,8-15,17H2,1-7H3,(H,33,34);3-10H,1-2H3. The van der Waals surface area contributed by atoms with Crippen molar-refractivity contribution in [2.75, 3.05) is 14.2 Å². The van der Waals surface area contributed by atoms with Crippen molar-refractivity contribution >= 4 is 22.7 Å². The van der Waals surface area contributed by atoms with Crippen LogP contribution in [0.5, 0.6) is 11.5 Å². The number of methoxy groups -OCH3 is 2. The van der Waals surface area contributed by atoms with Crippen molar-refractivity contribution in [3.63, 3.8) is 0 Å². The van der Waals surface area contributed by atoms with Gasteiger partial charge in [-0.15, -0.1) is 0 Å². The van der Waals surface area contributed by atoms with Gasteiger partial charge in [-0.25, -0.2) is 0 Å². The lowest BCUT2D eigenvalue weighted by molar-refractivity contribution is -0.202. The number of allylic oxidation sites excluding steroid dienone is 2. The van der Waals surface area contributed by atoms with Gasteiger partial charge in [0.2, 0.25) is 11.2 Å². The number of para-hydroxylation sites is 1. The Labute approximate surface area is 325 Å². The number of aliphatic hydroxyl groups excluding tert-OH is 1. The lowest BCUT2D eigenvalue weighted by Gasteiger charge is -2.70. The SMILES string of the molecule is CC1(C(=O)O)CCC2(C)CCC3(C)C(=CC(=O)C4C5(C)CCC(O)C(C)(C)C5CCC43C)C2C1.COc1c(-c2ccccc2)oc2c(OC)cccc2c1=O. The number of carboxylic acids is 1. The molecule has 0 aliphatic heterocycles. The van der Waals surface area contributed by atoms with Crippen LogP contribution in [0.25, 0.3) is 22.3 Å². The predicted molar refractivity (Wildman–Crippen MR) is 214 cm³/mol. The summed E-state index contributed by atoms with van der Waals surface area (Å²) in [6.45, 7) is 15.8. The summed E-state index contributed by atoms with van der Waals surface area (Å²) in [4.78, 5) is 39.0. The van der Waals surface area contributed by atoms with Gasteiger partial charge in [-0.3, -0.25) is 14.4 Å². The van der Waals surface area contributed by atoms with Gasteiger partial charge in [0.1, 0.15) is 0 Å². The maximum absolute atomic E-state index is 14.2. The third kappa shape index (κ3) is 5.74. The first kappa shape index (κ1) is 39.3. The van der Waals surface area contributed by atoms with Crippen LogP contribution in [-0.2, 0) is 9.59 Å². The molecule has 55 heavy (non-hydrogen) atoms. The molecule has 8 heteroatoms. The second-order valence-electron chi connectivity index (χ2n) is 19.4. The van der Waals surface area contributed by atoms with Gasteiger partial charge in [0.25, 0.3) is 0 Å². The number of benzene rings is 2. The van der Waals surface area contributed by atoms with Crippen LogP contribution in [0.2, 0.25) is 0 Å². The van der Waals surface area contributed by atoms with E-state index in [1.807, 2.05) is 43.3 Å². The van der Waals surface area contributed by atoms with Crippen LogP contribution in [0.4, 0.5) is 0 Å². The number of ketones is 1. The molecule has 2 aromatic carbocycles. The van der Waals surface area contributed by atoms with E-state index >= 15 is 0 Å². The molecule has 0 radical (unpaired) electrons. The van der Waals surface area contributed by atoms with Crippen molar-refractivity contribution < 1.29 is 33.7 Å². The number of carbonyl (C=O) groups excluding carboxylic acids is 1. The summed E-state index contributed by atoms with van der Waals surface area (Å²) in [6.07, 6.45) is 9.95. The zero-order valence-corrected chi connectivity index (χ0v) is 34.2. The Morgan fingerprint density at radius 1 is 0.818 bits per heavy atom. The third-order valence-electron chi connectivity index (χ3n) is 16.4. The number of fused-ring (bicyclic) bond motifs is 8. The number of ether oxygens (including phenoxy) is 2. The van der Waals surface area contributed by atoms with Gasteiger partial charge in [-0.2, -0.15) is 0 Å². The van der Waals surface area contributed by atoms with Crippen molar-refractivity contribution in [2.24, 2.45) is 50.2 Å². The lowest BCUT2D eigenvalue weighted by Crippen LogP contribution is -2.66. The smallest absolute Gasteiger partial charge is 0.309 e. The molecule has 0 amide bonds. The second-order valence-corrected chi connectivity index (χ2v) is 19.4. The summed E-state index contributed by atoms with van der Waals surface area (Å²) >= 11 is 0. The normalized spacial score (nSPS) is 37.5. The number of aliphatic carboxylic acids is 1. The second kappa shape index (κ2) is 13.3. The van der Waals surface area contributed by atoms with Crippen LogP contribution in [0.3, 0.4) is 0 Å².